The first kappa shape index (κ1) is 24.0. The molecule has 0 spiro atoms. The standard InChI is InChI=1S/C26H26ClN5OS/c1-4-18-8-6-9-19(5-2)24(18)29-23(33)16-34-26-31-30-25(20-12-14-28-15-13-20)32(26)22-11-7-10-21(27)17(22)3/h6-15H,4-5,16H2,1-3H3,(H,29,33). The number of benzene rings is 2. The van der Waals surface area contributed by atoms with E-state index in [9.17, 15) is 4.79 Å². The molecule has 0 saturated carbocycles. The number of anilines is 1. The Morgan fingerprint density at radius 1 is 1.00 bits per heavy atom. The fourth-order valence-electron chi connectivity index (χ4n) is 3.82. The molecule has 4 aromatic rings. The fraction of sp³-hybridized carbons (Fsp3) is 0.231. The van der Waals surface area contributed by atoms with Crippen molar-refractivity contribution >= 4 is 35.0 Å². The normalized spacial score (nSPS) is 10.9. The Bertz CT molecular complexity index is 1280. The van der Waals surface area contributed by atoms with Crippen LogP contribution in [0.25, 0.3) is 17.1 Å². The van der Waals surface area contributed by atoms with Gasteiger partial charge in [-0.25, -0.2) is 0 Å². The van der Waals surface area contributed by atoms with Crippen LogP contribution in [-0.2, 0) is 17.6 Å². The molecule has 0 radical (unpaired) electrons. The van der Waals surface area contributed by atoms with Gasteiger partial charge in [0.1, 0.15) is 0 Å². The van der Waals surface area contributed by atoms with Crippen molar-refractivity contribution in [2.24, 2.45) is 0 Å². The SMILES string of the molecule is CCc1cccc(CC)c1NC(=O)CSc1nnc(-c2ccncc2)n1-c1cccc(Cl)c1C. The number of amides is 1. The van der Waals surface area contributed by atoms with Gasteiger partial charge in [-0.1, -0.05) is 61.5 Å². The van der Waals surface area contributed by atoms with Crippen LogP contribution in [0.4, 0.5) is 5.69 Å². The quantitative estimate of drug-likeness (QED) is 0.299. The fourth-order valence-corrected chi connectivity index (χ4v) is 4.73. The van der Waals surface area contributed by atoms with Gasteiger partial charge in [0.05, 0.1) is 11.4 Å². The summed E-state index contributed by atoms with van der Waals surface area (Å²) in [6.07, 6.45) is 5.15. The zero-order valence-corrected chi connectivity index (χ0v) is 21.0. The summed E-state index contributed by atoms with van der Waals surface area (Å²) in [5.74, 6) is 0.790. The summed E-state index contributed by atoms with van der Waals surface area (Å²) in [5.41, 5.74) is 5.85. The Hall–Kier alpha value is -3.16. The van der Waals surface area contributed by atoms with E-state index in [2.05, 4.69) is 46.5 Å². The maximum atomic E-state index is 12.9. The predicted molar refractivity (Wildman–Crippen MR) is 139 cm³/mol. The van der Waals surface area contributed by atoms with E-state index in [1.807, 2.05) is 47.9 Å². The van der Waals surface area contributed by atoms with Gasteiger partial charge in [0.2, 0.25) is 5.91 Å². The molecule has 0 fully saturated rings. The number of aryl methyl sites for hydroxylation is 2. The molecule has 34 heavy (non-hydrogen) atoms. The summed E-state index contributed by atoms with van der Waals surface area (Å²) in [7, 11) is 0. The van der Waals surface area contributed by atoms with Gasteiger partial charge in [-0.05, 0) is 60.7 Å². The molecule has 8 heteroatoms. The second-order valence-corrected chi connectivity index (χ2v) is 9.11. The highest BCUT2D eigenvalue weighted by Gasteiger charge is 2.20. The molecular formula is C26H26ClN5OS. The number of carbonyl (C=O) groups excluding carboxylic acids is 1. The Morgan fingerprint density at radius 3 is 2.35 bits per heavy atom. The highest BCUT2D eigenvalue weighted by molar-refractivity contribution is 7.99. The van der Waals surface area contributed by atoms with Crippen molar-refractivity contribution in [3.63, 3.8) is 0 Å². The van der Waals surface area contributed by atoms with Gasteiger partial charge in [0.15, 0.2) is 11.0 Å². The van der Waals surface area contributed by atoms with Gasteiger partial charge in [0.25, 0.3) is 0 Å². The molecule has 2 aromatic carbocycles. The summed E-state index contributed by atoms with van der Waals surface area (Å²) in [4.78, 5) is 17.1. The molecular weight excluding hydrogens is 466 g/mol. The van der Waals surface area contributed by atoms with Crippen LogP contribution in [0.3, 0.4) is 0 Å². The molecule has 6 nitrogen and oxygen atoms in total. The number of hydrogen-bond acceptors (Lipinski definition) is 5. The van der Waals surface area contributed by atoms with Crippen LogP contribution in [0.2, 0.25) is 5.02 Å². The van der Waals surface area contributed by atoms with Crippen LogP contribution < -0.4 is 5.32 Å². The van der Waals surface area contributed by atoms with E-state index in [4.69, 9.17) is 11.6 Å². The van der Waals surface area contributed by atoms with Gasteiger partial charge < -0.3 is 5.32 Å². The van der Waals surface area contributed by atoms with Gasteiger partial charge in [0, 0.05) is 28.7 Å². The number of nitrogens with zero attached hydrogens (tertiary/aromatic N) is 4. The van der Waals surface area contributed by atoms with Crippen LogP contribution in [0.15, 0.2) is 66.1 Å². The lowest BCUT2D eigenvalue weighted by atomic mass is 10.0. The molecule has 0 aliphatic rings. The third-order valence-electron chi connectivity index (χ3n) is 5.65. The van der Waals surface area contributed by atoms with Crippen molar-refractivity contribution in [1.82, 2.24) is 19.7 Å². The molecule has 0 aliphatic heterocycles. The second kappa shape index (κ2) is 10.8. The number of nitrogens with one attached hydrogen (secondary N) is 1. The van der Waals surface area contributed by atoms with Gasteiger partial charge in [-0.3, -0.25) is 14.3 Å². The molecule has 2 heterocycles. The van der Waals surface area contributed by atoms with E-state index >= 15 is 0 Å². The number of para-hydroxylation sites is 1. The largest absolute Gasteiger partial charge is 0.325 e. The molecule has 0 aliphatic carbocycles. The number of pyridine rings is 1. The van der Waals surface area contributed by atoms with Crippen molar-refractivity contribution < 1.29 is 4.79 Å². The van der Waals surface area contributed by atoms with E-state index in [1.165, 1.54) is 11.8 Å². The average Bonchev–Trinajstić information content (AvgIpc) is 3.28. The summed E-state index contributed by atoms with van der Waals surface area (Å²) >= 11 is 7.77. The number of aromatic nitrogens is 4. The zero-order chi connectivity index (χ0) is 24.1. The number of halogens is 1. The van der Waals surface area contributed by atoms with Gasteiger partial charge >= 0.3 is 0 Å². The first-order chi connectivity index (χ1) is 16.5. The minimum absolute atomic E-state index is 0.0802. The summed E-state index contributed by atoms with van der Waals surface area (Å²) in [6.45, 7) is 6.15. The van der Waals surface area contributed by atoms with E-state index in [0.717, 1.165) is 46.5 Å². The minimum Gasteiger partial charge on any atom is -0.325 e. The summed E-state index contributed by atoms with van der Waals surface area (Å²) in [5, 5.41) is 13.3. The van der Waals surface area contributed by atoms with Crippen molar-refractivity contribution in [3.05, 3.63) is 82.6 Å². The maximum Gasteiger partial charge on any atom is 0.234 e. The van der Waals surface area contributed by atoms with Crippen molar-refractivity contribution in [2.75, 3.05) is 11.1 Å². The highest BCUT2D eigenvalue weighted by Crippen LogP contribution is 2.32. The number of carbonyl (C=O) groups is 1. The van der Waals surface area contributed by atoms with Gasteiger partial charge in [-0.2, -0.15) is 0 Å². The molecule has 1 N–H and O–H groups in total. The van der Waals surface area contributed by atoms with Crippen LogP contribution >= 0.6 is 23.4 Å². The Kier molecular flexibility index (Phi) is 7.65. The first-order valence-electron chi connectivity index (χ1n) is 11.2. The molecule has 0 atom stereocenters. The van der Waals surface area contributed by atoms with Crippen LogP contribution in [0.1, 0.15) is 30.5 Å². The molecule has 0 saturated heterocycles. The van der Waals surface area contributed by atoms with Crippen molar-refractivity contribution in [1.29, 1.82) is 0 Å². The Morgan fingerprint density at radius 2 is 1.68 bits per heavy atom. The molecule has 2 aromatic heterocycles. The summed E-state index contributed by atoms with van der Waals surface area (Å²) < 4.78 is 1.95. The number of thioether (sulfide) groups is 1. The summed E-state index contributed by atoms with van der Waals surface area (Å²) in [6, 6.07) is 15.7. The van der Waals surface area contributed by atoms with E-state index in [0.29, 0.717) is 16.0 Å². The lowest BCUT2D eigenvalue weighted by Crippen LogP contribution is -2.17. The zero-order valence-electron chi connectivity index (χ0n) is 19.4. The highest BCUT2D eigenvalue weighted by atomic mass is 35.5. The topological polar surface area (TPSA) is 72.7 Å². The molecule has 4 rings (SSSR count). The molecule has 0 unspecified atom stereocenters. The predicted octanol–water partition coefficient (Wildman–Crippen LogP) is 6.15. The van der Waals surface area contributed by atoms with Crippen LogP contribution in [0.5, 0.6) is 0 Å². The smallest absolute Gasteiger partial charge is 0.234 e. The Labute approximate surface area is 208 Å². The average molecular weight is 492 g/mol. The second-order valence-electron chi connectivity index (χ2n) is 7.76. The maximum absolute atomic E-state index is 12.9. The lowest BCUT2D eigenvalue weighted by Gasteiger charge is -2.15. The number of hydrogen-bond donors (Lipinski definition) is 1. The van der Waals surface area contributed by atoms with Crippen molar-refractivity contribution in [3.8, 4) is 17.1 Å². The molecule has 174 valence electrons. The van der Waals surface area contributed by atoms with E-state index in [-0.39, 0.29) is 11.7 Å². The molecule has 1 amide bonds. The van der Waals surface area contributed by atoms with Crippen LogP contribution in [-0.4, -0.2) is 31.4 Å². The van der Waals surface area contributed by atoms with Gasteiger partial charge in [-0.15, -0.1) is 10.2 Å². The molecule has 0 bridgehead atoms. The third-order valence-corrected chi connectivity index (χ3v) is 6.99. The first-order valence-corrected chi connectivity index (χ1v) is 12.5. The lowest BCUT2D eigenvalue weighted by molar-refractivity contribution is -0.113. The Balaban J connectivity index is 1.64. The van der Waals surface area contributed by atoms with Crippen molar-refractivity contribution in [2.45, 2.75) is 38.8 Å². The van der Waals surface area contributed by atoms with E-state index in [1.54, 1.807) is 12.4 Å². The van der Waals surface area contributed by atoms with Crippen LogP contribution in [0, 0.1) is 6.92 Å². The minimum atomic E-state index is -0.0802. The van der Waals surface area contributed by atoms with E-state index < -0.39 is 0 Å². The third kappa shape index (κ3) is 5.00. The number of rotatable bonds is 8. The monoisotopic (exact) mass is 491 g/mol.